The number of pyridine rings is 2. The number of anilines is 1. The fraction of sp³-hybridized carbons (Fsp3) is 0.250. The van der Waals surface area contributed by atoms with E-state index in [0.29, 0.717) is 49.5 Å². The molecular weight excluding hydrogens is 495 g/mol. The lowest BCUT2D eigenvalue weighted by Gasteiger charge is -2.40. The van der Waals surface area contributed by atoms with Gasteiger partial charge in [-0.2, -0.15) is 10.4 Å². The monoisotopic (exact) mass is 512 g/mol. The van der Waals surface area contributed by atoms with Gasteiger partial charge in [0.1, 0.15) is 29.4 Å². The number of H-pyrrole nitrogens is 1. The van der Waals surface area contributed by atoms with Crippen molar-refractivity contribution >= 4 is 51.5 Å². The van der Waals surface area contributed by atoms with Crippen LogP contribution in [0.15, 0.2) is 36.8 Å². The quantitative estimate of drug-likeness (QED) is 0.324. The Kier molecular flexibility index (Phi) is 5.98. The van der Waals surface area contributed by atoms with E-state index in [4.69, 9.17) is 39.5 Å². The molecular formula is C24H19Cl3N6O. The molecule has 0 amide bonds. The van der Waals surface area contributed by atoms with Crippen molar-refractivity contribution in [2.24, 2.45) is 0 Å². The zero-order chi connectivity index (χ0) is 24.0. The summed E-state index contributed by atoms with van der Waals surface area (Å²) in [6, 6.07) is 8.03. The third kappa shape index (κ3) is 3.92. The molecule has 0 bridgehead atoms. The summed E-state index contributed by atoms with van der Waals surface area (Å²) in [4.78, 5) is 10.7. The minimum Gasteiger partial charge on any atom is -0.484 e. The molecule has 4 heterocycles. The number of ether oxygens (including phenoxy) is 1. The highest BCUT2D eigenvalue weighted by Crippen LogP contribution is 2.39. The van der Waals surface area contributed by atoms with E-state index in [1.54, 1.807) is 12.3 Å². The Bertz CT molecular complexity index is 1430. The molecule has 2 atom stereocenters. The Morgan fingerprint density at radius 2 is 1.91 bits per heavy atom. The van der Waals surface area contributed by atoms with Gasteiger partial charge in [-0.25, -0.2) is 4.98 Å². The smallest absolute Gasteiger partial charge is 0.146 e. The number of aromatic nitrogens is 4. The highest BCUT2D eigenvalue weighted by Gasteiger charge is 2.27. The van der Waals surface area contributed by atoms with E-state index in [1.807, 2.05) is 19.1 Å². The fourth-order valence-electron chi connectivity index (χ4n) is 4.12. The fourth-order valence-corrected chi connectivity index (χ4v) is 5.00. The standard InChI is InChI=1S/C24H19Cl3N6O/c1-12-3-4-33(12)24-14(8-28)5-15(9-30-24)23-16-6-21(17(25)7-20(16)31-32-23)34-13(2)22-18(26)10-29-11-19(22)27/h5-7,9-13H,3-4H2,1-2H3,(H,31,32)/t12-,13+/m0/s1. The third-order valence-electron chi connectivity index (χ3n) is 6.07. The zero-order valence-electron chi connectivity index (χ0n) is 18.3. The number of rotatable bonds is 5. The van der Waals surface area contributed by atoms with E-state index in [9.17, 15) is 5.26 Å². The molecule has 0 radical (unpaired) electrons. The minimum atomic E-state index is -0.474. The van der Waals surface area contributed by atoms with Crippen molar-refractivity contribution in [3.05, 3.63) is 63.0 Å². The lowest BCUT2D eigenvalue weighted by molar-refractivity contribution is 0.227. The predicted octanol–water partition coefficient (Wildman–Crippen LogP) is 6.59. The van der Waals surface area contributed by atoms with Gasteiger partial charge < -0.3 is 9.64 Å². The molecule has 1 fully saturated rings. The zero-order valence-corrected chi connectivity index (χ0v) is 20.6. The molecule has 1 saturated heterocycles. The summed E-state index contributed by atoms with van der Waals surface area (Å²) in [5.41, 5.74) is 3.25. The summed E-state index contributed by atoms with van der Waals surface area (Å²) in [6.45, 7) is 4.86. The minimum absolute atomic E-state index is 0.378. The van der Waals surface area contributed by atoms with E-state index in [2.05, 4.69) is 38.1 Å². The summed E-state index contributed by atoms with van der Waals surface area (Å²) >= 11 is 19.1. The van der Waals surface area contributed by atoms with Crippen molar-refractivity contribution < 1.29 is 4.74 Å². The molecule has 172 valence electrons. The molecule has 10 heteroatoms. The Labute approximate surface area is 211 Å². The van der Waals surface area contributed by atoms with Gasteiger partial charge in [-0.1, -0.05) is 34.8 Å². The van der Waals surface area contributed by atoms with Gasteiger partial charge in [0, 0.05) is 47.7 Å². The highest BCUT2D eigenvalue weighted by atomic mass is 35.5. The average molecular weight is 514 g/mol. The van der Waals surface area contributed by atoms with Gasteiger partial charge in [0.15, 0.2) is 0 Å². The van der Waals surface area contributed by atoms with Gasteiger partial charge in [-0.15, -0.1) is 0 Å². The van der Waals surface area contributed by atoms with Crippen molar-refractivity contribution in [1.29, 1.82) is 5.26 Å². The normalized spacial score (nSPS) is 16.2. The van der Waals surface area contributed by atoms with E-state index in [-0.39, 0.29) is 0 Å². The second-order valence-corrected chi connectivity index (χ2v) is 9.44. The number of nitrogens with zero attached hydrogens (tertiary/aromatic N) is 5. The number of benzene rings is 1. The second kappa shape index (κ2) is 8.95. The second-order valence-electron chi connectivity index (χ2n) is 8.22. The van der Waals surface area contributed by atoms with Gasteiger partial charge in [-0.3, -0.25) is 10.1 Å². The van der Waals surface area contributed by atoms with Crippen LogP contribution in [-0.4, -0.2) is 32.8 Å². The summed E-state index contributed by atoms with van der Waals surface area (Å²) in [5.74, 6) is 1.16. The van der Waals surface area contributed by atoms with Gasteiger partial charge in [0.2, 0.25) is 0 Å². The first-order valence-corrected chi connectivity index (χ1v) is 11.8. The first-order chi connectivity index (χ1) is 16.4. The van der Waals surface area contributed by atoms with Crippen molar-refractivity contribution in [3.63, 3.8) is 0 Å². The van der Waals surface area contributed by atoms with Crippen LogP contribution in [0.4, 0.5) is 5.82 Å². The molecule has 0 spiro atoms. The Hall–Kier alpha value is -3.05. The topological polar surface area (TPSA) is 90.7 Å². The van der Waals surface area contributed by atoms with Crippen molar-refractivity contribution in [1.82, 2.24) is 20.2 Å². The van der Waals surface area contributed by atoms with Crippen LogP contribution in [0, 0.1) is 11.3 Å². The van der Waals surface area contributed by atoms with Crippen LogP contribution < -0.4 is 9.64 Å². The van der Waals surface area contributed by atoms with Crippen molar-refractivity contribution in [2.45, 2.75) is 32.4 Å². The van der Waals surface area contributed by atoms with Crippen molar-refractivity contribution in [2.75, 3.05) is 11.4 Å². The molecule has 1 N–H and O–H groups in total. The maximum atomic E-state index is 9.73. The third-order valence-corrected chi connectivity index (χ3v) is 6.97. The summed E-state index contributed by atoms with van der Waals surface area (Å²) in [5, 5.41) is 19.2. The number of nitriles is 1. The Morgan fingerprint density at radius 3 is 2.56 bits per heavy atom. The molecule has 0 saturated carbocycles. The number of fused-ring (bicyclic) bond motifs is 1. The molecule has 4 aromatic rings. The molecule has 1 aliphatic heterocycles. The maximum Gasteiger partial charge on any atom is 0.146 e. The van der Waals surface area contributed by atoms with Gasteiger partial charge in [-0.05, 0) is 38.5 Å². The first kappa shape index (κ1) is 22.7. The maximum absolute atomic E-state index is 9.73. The van der Waals surface area contributed by atoms with Crippen LogP contribution in [0.3, 0.4) is 0 Å². The summed E-state index contributed by atoms with van der Waals surface area (Å²) < 4.78 is 6.15. The van der Waals surface area contributed by atoms with Gasteiger partial charge in [0.05, 0.1) is 26.1 Å². The summed E-state index contributed by atoms with van der Waals surface area (Å²) in [6.07, 6.45) is 5.40. The average Bonchev–Trinajstić information content (AvgIpc) is 3.21. The number of hydrogen-bond donors (Lipinski definition) is 1. The van der Waals surface area contributed by atoms with Crippen LogP contribution in [0.25, 0.3) is 22.2 Å². The number of halogens is 3. The lowest BCUT2D eigenvalue weighted by Crippen LogP contribution is -2.46. The Morgan fingerprint density at radius 1 is 1.15 bits per heavy atom. The summed E-state index contributed by atoms with van der Waals surface area (Å²) in [7, 11) is 0. The molecule has 3 aromatic heterocycles. The van der Waals surface area contributed by atoms with Crippen LogP contribution in [-0.2, 0) is 0 Å². The van der Waals surface area contributed by atoms with E-state index < -0.39 is 6.10 Å². The van der Waals surface area contributed by atoms with E-state index in [1.165, 1.54) is 12.4 Å². The van der Waals surface area contributed by atoms with E-state index in [0.717, 1.165) is 29.4 Å². The molecule has 0 unspecified atom stereocenters. The molecule has 5 rings (SSSR count). The van der Waals surface area contributed by atoms with Crippen LogP contribution in [0.1, 0.15) is 37.5 Å². The van der Waals surface area contributed by atoms with Gasteiger partial charge in [0.25, 0.3) is 0 Å². The molecule has 7 nitrogen and oxygen atoms in total. The number of aromatic amines is 1. The largest absolute Gasteiger partial charge is 0.484 e. The molecule has 0 aliphatic carbocycles. The first-order valence-electron chi connectivity index (χ1n) is 10.7. The number of hydrogen-bond acceptors (Lipinski definition) is 6. The van der Waals surface area contributed by atoms with Gasteiger partial charge >= 0.3 is 0 Å². The predicted molar refractivity (Wildman–Crippen MR) is 134 cm³/mol. The highest BCUT2D eigenvalue weighted by molar-refractivity contribution is 6.36. The lowest BCUT2D eigenvalue weighted by atomic mass is 10.0. The van der Waals surface area contributed by atoms with Crippen LogP contribution in [0.2, 0.25) is 15.1 Å². The van der Waals surface area contributed by atoms with Crippen molar-refractivity contribution in [3.8, 4) is 23.1 Å². The van der Waals surface area contributed by atoms with Crippen LogP contribution in [0.5, 0.6) is 5.75 Å². The van der Waals surface area contributed by atoms with E-state index >= 15 is 0 Å². The molecule has 1 aliphatic rings. The molecule has 1 aromatic carbocycles. The Balaban J connectivity index is 1.52. The SMILES string of the molecule is C[C@@H](Oc1cc2c(-c3cnc(N4CC[C@@H]4C)c(C#N)c3)n[nH]c2cc1Cl)c1c(Cl)cncc1Cl. The number of nitrogens with one attached hydrogen (secondary N) is 1. The van der Waals surface area contributed by atoms with Crippen LogP contribution >= 0.6 is 34.8 Å². The molecule has 34 heavy (non-hydrogen) atoms.